The minimum Gasteiger partial charge on any atom is -0.464 e. The van der Waals surface area contributed by atoms with Gasteiger partial charge in [0, 0.05) is 100 Å². The first-order valence-corrected chi connectivity index (χ1v) is 37.6. The quantitative estimate of drug-likeness (QED) is 0.0251. The van der Waals surface area contributed by atoms with Crippen LogP contribution >= 0.6 is 108 Å². The molecule has 5 atom stereocenters. The Morgan fingerprint density at radius 2 is 0.609 bits per heavy atom. The maximum Gasteiger partial charge on any atom is 0.305 e. The molecular formula is C48H79NO10S10. The van der Waals surface area contributed by atoms with Gasteiger partial charge < -0.3 is 23.7 Å². The second-order valence-corrected chi connectivity index (χ2v) is 32.4. The summed E-state index contributed by atoms with van der Waals surface area (Å²) < 4.78 is 30.0. The van der Waals surface area contributed by atoms with E-state index in [4.69, 9.17) is 23.7 Å². The smallest absolute Gasteiger partial charge is 0.305 e. The van der Waals surface area contributed by atoms with Crippen LogP contribution < -0.4 is 0 Å². The van der Waals surface area contributed by atoms with Gasteiger partial charge in [0.25, 0.3) is 0 Å². The summed E-state index contributed by atoms with van der Waals surface area (Å²) >= 11 is 0. The van der Waals surface area contributed by atoms with Crippen molar-refractivity contribution in [3.05, 3.63) is 0 Å². The summed E-state index contributed by atoms with van der Waals surface area (Å²) in [5, 5.41) is 3.15. The van der Waals surface area contributed by atoms with E-state index in [-0.39, 0.29) is 95.2 Å². The number of hydrogen-bond acceptors (Lipinski definition) is 21. The van der Waals surface area contributed by atoms with Crippen LogP contribution in [0.2, 0.25) is 0 Å². The van der Waals surface area contributed by atoms with Crippen molar-refractivity contribution in [1.29, 1.82) is 0 Å². The molecule has 0 N–H and O–H groups in total. The lowest BCUT2D eigenvalue weighted by atomic mass is 9.99. The molecule has 5 saturated heterocycles. The molecule has 0 aromatic carbocycles. The first-order valence-electron chi connectivity index (χ1n) is 25.7. The molecule has 5 unspecified atom stereocenters. The number of unbranched alkanes of at least 4 members (excludes halogenated alkanes) is 5. The summed E-state index contributed by atoms with van der Waals surface area (Å²) in [4.78, 5) is 68.8. The van der Waals surface area contributed by atoms with Gasteiger partial charge in [-0.15, -0.1) is 0 Å². The molecule has 69 heavy (non-hydrogen) atoms. The second kappa shape index (κ2) is 37.5. The van der Waals surface area contributed by atoms with Gasteiger partial charge in [-0.05, 0) is 96.3 Å². The molecule has 396 valence electrons. The zero-order valence-electron chi connectivity index (χ0n) is 40.7. The summed E-state index contributed by atoms with van der Waals surface area (Å²) in [5.74, 6) is 4.15. The molecule has 0 radical (unpaired) electrons. The number of nitrogens with zero attached hydrogens (tertiary/aromatic N) is 1. The van der Waals surface area contributed by atoms with Crippen LogP contribution in [0.5, 0.6) is 0 Å². The maximum atomic E-state index is 13.6. The molecule has 5 heterocycles. The second-order valence-electron chi connectivity index (χ2n) is 18.5. The largest absolute Gasteiger partial charge is 0.464 e. The van der Waals surface area contributed by atoms with Crippen molar-refractivity contribution in [2.24, 2.45) is 0 Å². The minimum atomic E-state index is -1.35. The summed E-state index contributed by atoms with van der Waals surface area (Å²) in [6.45, 7) is -0.391. The van der Waals surface area contributed by atoms with Crippen LogP contribution in [0.15, 0.2) is 0 Å². The van der Waals surface area contributed by atoms with E-state index in [1.54, 1.807) is 0 Å². The van der Waals surface area contributed by atoms with Crippen LogP contribution in [0.3, 0.4) is 0 Å². The molecule has 5 aliphatic heterocycles. The molecule has 21 heteroatoms. The van der Waals surface area contributed by atoms with Crippen molar-refractivity contribution in [1.82, 2.24) is 4.90 Å². The van der Waals surface area contributed by atoms with Gasteiger partial charge in [-0.3, -0.25) is 28.9 Å². The summed E-state index contributed by atoms with van der Waals surface area (Å²) in [7, 11) is 19.3. The van der Waals surface area contributed by atoms with Gasteiger partial charge in [-0.2, -0.15) is 0 Å². The normalized spacial score (nSPS) is 23.3. The first-order chi connectivity index (χ1) is 33.8. The van der Waals surface area contributed by atoms with E-state index < -0.39 is 5.54 Å². The predicted molar refractivity (Wildman–Crippen MR) is 304 cm³/mol. The lowest BCUT2D eigenvalue weighted by Gasteiger charge is -2.42. The Morgan fingerprint density at radius 1 is 0.362 bits per heavy atom. The van der Waals surface area contributed by atoms with E-state index in [9.17, 15) is 24.0 Å². The molecule has 0 aliphatic carbocycles. The Balaban J connectivity index is 1.26. The van der Waals surface area contributed by atoms with Crippen LogP contribution in [0.25, 0.3) is 0 Å². The summed E-state index contributed by atoms with van der Waals surface area (Å²) in [5.41, 5.74) is -1.35. The van der Waals surface area contributed by atoms with Crippen molar-refractivity contribution < 1.29 is 47.7 Å². The highest BCUT2D eigenvalue weighted by Crippen LogP contribution is 2.43. The zero-order valence-corrected chi connectivity index (χ0v) is 48.8. The number of carbonyl (C=O) groups is 5. The highest BCUT2D eigenvalue weighted by molar-refractivity contribution is 8.78. The minimum absolute atomic E-state index is 0.00332. The Hall–Kier alpha value is 0.810. The maximum absolute atomic E-state index is 13.6. The van der Waals surface area contributed by atoms with Gasteiger partial charge in [0.05, 0.1) is 0 Å². The fraction of sp³-hybridized carbons (Fsp3) is 0.896. The van der Waals surface area contributed by atoms with E-state index in [0.717, 1.165) is 77.0 Å². The van der Waals surface area contributed by atoms with E-state index in [0.29, 0.717) is 58.4 Å². The number of esters is 5. The lowest BCUT2D eigenvalue weighted by molar-refractivity contribution is -0.167. The van der Waals surface area contributed by atoms with Gasteiger partial charge in [0.2, 0.25) is 0 Å². The Labute approximate surface area is 453 Å². The van der Waals surface area contributed by atoms with Crippen molar-refractivity contribution in [3.63, 3.8) is 0 Å². The van der Waals surface area contributed by atoms with E-state index in [2.05, 4.69) is 0 Å². The highest BCUT2D eigenvalue weighted by atomic mass is 33.1. The van der Waals surface area contributed by atoms with Crippen molar-refractivity contribution >= 4 is 138 Å². The van der Waals surface area contributed by atoms with Gasteiger partial charge in [0.15, 0.2) is 0 Å². The van der Waals surface area contributed by atoms with Gasteiger partial charge in [-0.1, -0.05) is 140 Å². The Kier molecular flexibility index (Phi) is 33.0. The van der Waals surface area contributed by atoms with Crippen LogP contribution in [0, 0.1) is 0 Å². The monoisotopic (exact) mass is 1150 g/mol. The molecule has 5 fully saturated rings. The van der Waals surface area contributed by atoms with E-state index in [1.165, 1.54) is 60.9 Å². The van der Waals surface area contributed by atoms with E-state index >= 15 is 0 Å². The SMILES string of the molecule is O=C(CCCCC1CCSS1)OCCN(CCOC(=O)CCCCC1CCSS1)C(COC(=O)CCCCC1CCSS1)(COC(=O)CCCCC1CCSS1)COC(=O)CCCCC1CCSS1. The number of ether oxygens (including phenoxy) is 5. The highest BCUT2D eigenvalue weighted by Gasteiger charge is 2.42. The molecule has 11 nitrogen and oxygen atoms in total. The topological polar surface area (TPSA) is 135 Å². The summed E-state index contributed by atoms with van der Waals surface area (Å²) in [6.07, 6.45) is 20.9. The molecule has 0 amide bonds. The molecule has 0 aromatic heterocycles. The number of carbonyl (C=O) groups excluding carboxylic acids is 5. The van der Waals surface area contributed by atoms with Gasteiger partial charge in [-0.25, -0.2) is 0 Å². The Bertz CT molecular complexity index is 1320. The predicted octanol–water partition coefficient (Wildman–Crippen LogP) is 13.3. The lowest BCUT2D eigenvalue weighted by Crippen LogP contribution is -2.61. The zero-order chi connectivity index (χ0) is 48.6. The van der Waals surface area contributed by atoms with Crippen LogP contribution in [0.4, 0.5) is 0 Å². The number of hydrogen-bond donors (Lipinski definition) is 0. The number of rotatable bonds is 38. The Morgan fingerprint density at radius 3 is 0.841 bits per heavy atom. The standard InChI is InChI=1S/C48H79NO10S10/c50-43(16-6-1-11-38-21-30-60-65-38)55-28-26-49(27-29-56-44(51)17-7-2-12-39-22-31-61-66-39)48(35-57-45(52)18-8-3-13-40-23-32-62-67-40,36-58-46(53)19-9-4-14-41-24-33-63-68-41)37-59-47(54)20-10-5-15-42-25-34-64-69-42/h38-42H,1-37H2. The third kappa shape index (κ3) is 26.9. The fourth-order valence-electron chi connectivity index (χ4n) is 8.56. The van der Waals surface area contributed by atoms with Crippen LogP contribution in [-0.4, -0.2) is 141 Å². The third-order valence-electron chi connectivity index (χ3n) is 12.8. The molecule has 0 saturated carbocycles. The molecule has 0 spiro atoms. The van der Waals surface area contributed by atoms with E-state index in [1.807, 2.05) is 113 Å². The molecule has 0 bridgehead atoms. The van der Waals surface area contributed by atoms with Crippen molar-refractivity contribution in [2.75, 3.05) is 74.9 Å². The fourth-order valence-corrected chi connectivity index (χ4v) is 23.7. The molecule has 0 aromatic rings. The van der Waals surface area contributed by atoms with Crippen molar-refractivity contribution in [3.8, 4) is 0 Å². The van der Waals surface area contributed by atoms with Gasteiger partial charge >= 0.3 is 29.8 Å². The third-order valence-corrected chi connectivity index (χ3v) is 27.9. The van der Waals surface area contributed by atoms with Crippen LogP contribution in [-0.2, 0) is 47.7 Å². The molecular weight excluding hydrogens is 1070 g/mol. The van der Waals surface area contributed by atoms with Crippen LogP contribution in [0.1, 0.15) is 161 Å². The van der Waals surface area contributed by atoms with Crippen molar-refractivity contribution in [2.45, 2.75) is 192 Å². The molecule has 5 rings (SSSR count). The molecule has 5 aliphatic rings. The summed E-state index contributed by atoms with van der Waals surface area (Å²) in [6, 6.07) is 0. The average molecular weight is 1150 g/mol. The first kappa shape index (κ1) is 60.7. The van der Waals surface area contributed by atoms with Gasteiger partial charge in [0.1, 0.15) is 38.6 Å². The average Bonchev–Trinajstić information content (AvgIpc) is 4.22.